The average Bonchev–Trinajstić information content (AvgIpc) is 2.78. The van der Waals surface area contributed by atoms with Crippen LogP contribution >= 0.6 is 0 Å². The fraction of sp³-hybridized carbons (Fsp3) is 0.240. The Balaban J connectivity index is 1.66. The predicted molar refractivity (Wildman–Crippen MR) is 121 cm³/mol. The van der Waals surface area contributed by atoms with Crippen molar-refractivity contribution in [3.63, 3.8) is 0 Å². The van der Waals surface area contributed by atoms with Gasteiger partial charge in [0.15, 0.2) is 0 Å². The van der Waals surface area contributed by atoms with Crippen molar-refractivity contribution in [2.24, 2.45) is 5.73 Å². The Labute approximate surface area is 179 Å². The molecule has 0 radical (unpaired) electrons. The number of hydrogen-bond acceptors (Lipinski definition) is 6. The minimum absolute atomic E-state index is 0.128. The standard InChI is InChI=1S/C25H25NO5/c1-16-3-2-4-18(11-16)30-19-6-8-22-21(13-19)24(29)20-7-5-17(12-23(20)31-22)9-10-25(26,14-27)15-28/h2-8,11-13,27-28H,9-10,14-15,26H2,1H3. The molecule has 0 bridgehead atoms. The molecule has 1 aromatic heterocycles. The molecule has 4 rings (SSSR count). The van der Waals surface area contributed by atoms with E-state index < -0.39 is 5.54 Å². The lowest BCUT2D eigenvalue weighted by Crippen LogP contribution is -2.47. The summed E-state index contributed by atoms with van der Waals surface area (Å²) >= 11 is 0. The monoisotopic (exact) mass is 419 g/mol. The highest BCUT2D eigenvalue weighted by Gasteiger charge is 2.22. The third kappa shape index (κ3) is 4.46. The molecule has 0 amide bonds. The van der Waals surface area contributed by atoms with E-state index in [4.69, 9.17) is 14.9 Å². The molecule has 0 aliphatic heterocycles. The highest BCUT2D eigenvalue weighted by Crippen LogP contribution is 2.27. The van der Waals surface area contributed by atoms with E-state index in [-0.39, 0.29) is 18.6 Å². The van der Waals surface area contributed by atoms with Gasteiger partial charge in [0.2, 0.25) is 5.43 Å². The molecule has 1 heterocycles. The van der Waals surface area contributed by atoms with Crippen molar-refractivity contribution >= 4 is 21.9 Å². The number of aliphatic hydroxyl groups is 2. The summed E-state index contributed by atoms with van der Waals surface area (Å²) < 4.78 is 11.9. The van der Waals surface area contributed by atoms with E-state index in [1.54, 1.807) is 24.3 Å². The van der Waals surface area contributed by atoms with E-state index in [0.29, 0.717) is 46.3 Å². The number of fused-ring (bicyclic) bond motifs is 2. The van der Waals surface area contributed by atoms with Crippen LogP contribution < -0.4 is 15.9 Å². The van der Waals surface area contributed by atoms with Gasteiger partial charge in [0.25, 0.3) is 0 Å². The molecule has 6 heteroatoms. The molecule has 4 N–H and O–H groups in total. The lowest BCUT2D eigenvalue weighted by Gasteiger charge is -2.24. The molecule has 0 atom stereocenters. The molecule has 0 unspecified atom stereocenters. The number of nitrogens with two attached hydrogens (primary N) is 1. The molecule has 0 spiro atoms. The summed E-state index contributed by atoms with van der Waals surface area (Å²) in [6.07, 6.45) is 0.946. The molecule has 4 aromatic rings. The Morgan fingerprint density at radius 3 is 2.45 bits per heavy atom. The summed E-state index contributed by atoms with van der Waals surface area (Å²) in [5.74, 6) is 1.27. The largest absolute Gasteiger partial charge is 0.457 e. The minimum Gasteiger partial charge on any atom is -0.457 e. The van der Waals surface area contributed by atoms with Crippen LogP contribution in [0.1, 0.15) is 17.5 Å². The maximum absolute atomic E-state index is 13.1. The second kappa shape index (κ2) is 8.51. The lowest BCUT2D eigenvalue weighted by molar-refractivity contribution is 0.115. The molecule has 6 nitrogen and oxygen atoms in total. The summed E-state index contributed by atoms with van der Waals surface area (Å²) in [4.78, 5) is 13.1. The van der Waals surface area contributed by atoms with E-state index in [9.17, 15) is 15.0 Å². The quantitative estimate of drug-likeness (QED) is 0.395. The van der Waals surface area contributed by atoms with Gasteiger partial charge < -0.3 is 25.1 Å². The number of rotatable bonds is 7. The van der Waals surface area contributed by atoms with Gasteiger partial charge >= 0.3 is 0 Å². The zero-order valence-corrected chi connectivity index (χ0v) is 17.3. The fourth-order valence-electron chi connectivity index (χ4n) is 3.51. The Kier molecular flexibility index (Phi) is 5.78. The molecular formula is C25H25NO5. The van der Waals surface area contributed by atoms with Gasteiger partial charge in [-0.2, -0.15) is 0 Å². The van der Waals surface area contributed by atoms with Gasteiger partial charge in [-0.1, -0.05) is 18.2 Å². The van der Waals surface area contributed by atoms with Crippen LogP contribution in [0.3, 0.4) is 0 Å². The van der Waals surface area contributed by atoms with E-state index in [1.165, 1.54) is 0 Å². The minimum atomic E-state index is -1.03. The molecule has 0 saturated carbocycles. The first-order chi connectivity index (χ1) is 14.9. The van der Waals surface area contributed by atoms with Gasteiger partial charge in [-0.15, -0.1) is 0 Å². The summed E-state index contributed by atoms with van der Waals surface area (Å²) in [6, 6.07) is 18.3. The van der Waals surface area contributed by atoms with Crippen molar-refractivity contribution in [3.05, 3.63) is 82.0 Å². The molecule has 31 heavy (non-hydrogen) atoms. The Morgan fingerprint density at radius 2 is 1.71 bits per heavy atom. The molecule has 0 saturated heterocycles. The first-order valence-electron chi connectivity index (χ1n) is 10.2. The van der Waals surface area contributed by atoms with Crippen LogP contribution in [-0.4, -0.2) is 29.0 Å². The van der Waals surface area contributed by atoms with Crippen molar-refractivity contribution in [1.82, 2.24) is 0 Å². The van der Waals surface area contributed by atoms with Crippen LogP contribution in [0.5, 0.6) is 11.5 Å². The Bertz CT molecular complexity index is 1290. The van der Waals surface area contributed by atoms with Gasteiger partial charge in [-0.05, 0) is 73.4 Å². The smallest absolute Gasteiger partial charge is 0.200 e. The van der Waals surface area contributed by atoms with Gasteiger partial charge in [0.1, 0.15) is 22.7 Å². The maximum Gasteiger partial charge on any atom is 0.200 e. The molecule has 0 aliphatic carbocycles. The maximum atomic E-state index is 13.1. The molecule has 0 fully saturated rings. The van der Waals surface area contributed by atoms with Crippen LogP contribution in [0.2, 0.25) is 0 Å². The highest BCUT2D eigenvalue weighted by molar-refractivity contribution is 5.90. The van der Waals surface area contributed by atoms with Crippen molar-refractivity contribution in [2.75, 3.05) is 13.2 Å². The van der Waals surface area contributed by atoms with E-state index >= 15 is 0 Å². The third-order valence-electron chi connectivity index (χ3n) is 5.47. The number of ether oxygens (including phenoxy) is 1. The van der Waals surface area contributed by atoms with Gasteiger partial charge in [-0.3, -0.25) is 4.79 Å². The molecule has 0 aliphatic rings. The van der Waals surface area contributed by atoms with E-state index in [2.05, 4.69) is 0 Å². The van der Waals surface area contributed by atoms with Crippen molar-refractivity contribution in [2.45, 2.75) is 25.3 Å². The first-order valence-corrected chi connectivity index (χ1v) is 10.2. The number of aliphatic hydroxyl groups excluding tert-OH is 2. The van der Waals surface area contributed by atoms with Crippen molar-refractivity contribution in [1.29, 1.82) is 0 Å². The van der Waals surface area contributed by atoms with Crippen molar-refractivity contribution in [3.8, 4) is 11.5 Å². The van der Waals surface area contributed by atoms with E-state index in [0.717, 1.165) is 11.1 Å². The summed E-state index contributed by atoms with van der Waals surface area (Å²) in [7, 11) is 0. The summed E-state index contributed by atoms with van der Waals surface area (Å²) in [6.45, 7) is 1.39. The second-order valence-electron chi connectivity index (χ2n) is 8.02. The number of benzene rings is 3. The SMILES string of the molecule is Cc1cccc(Oc2ccc3oc4cc(CCC(N)(CO)CO)ccc4c(=O)c3c2)c1. The number of hydrogen-bond donors (Lipinski definition) is 3. The van der Waals surface area contributed by atoms with Crippen LogP contribution in [0.25, 0.3) is 21.9 Å². The van der Waals surface area contributed by atoms with Crippen LogP contribution in [0, 0.1) is 6.92 Å². The zero-order chi connectivity index (χ0) is 22.0. The highest BCUT2D eigenvalue weighted by atomic mass is 16.5. The molecular weight excluding hydrogens is 394 g/mol. The third-order valence-corrected chi connectivity index (χ3v) is 5.47. The Morgan fingerprint density at radius 1 is 0.935 bits per heavy atom. The van der Waals surface area contributed by atoms with Crippen molar-refractivity contribution < 1.29 is 19.4 Å². The van der Waals surface area contributed by atoms with Gasteiger partial charge in [0, 0.05) is 0 Å². The molecule has 3 aromatic carbocycles. The predicted octanol–water partition coefficient (Wildman–Crippen LogP) is 3.66. The first kappa shape index (κ1) is 21.1. The zero-order valence-electron chi connectivity index (χ0n) is 17.3. The number of aryl methyl sites for hydroxylation is 2. The van der Waals surface area contributed by atoms with Crippen LogP contribution in [-0.2, 0) is 6.42 Å². The Hall–Kier alpha value is -3.19. The summed E-state index contributed by atoms with van der Waals surface area (Å²) in [5, 5.41) is 19.7. The van der Waals surface area contributed by atoms with Crippen LogP contribution in [0.15, 0.2) is 69.9 Å². The topological polar surface area (TPSA) is 106 Å². The summed E-state index contributed by atoms with van der Waals surface area (Å²) in [5.41, 5.74) is 7.74. The van der Waals surface area contributed by atoms with Crippen LogP contribution in [0.4, 0.5) is 0 Å². The average molecular weight is 419 g/mol. The second-order valence-corrected chi connectivity index (χ2v) is 8.02. The lowest BCUT2D eigenvalue weighted by atomic mass is 9.93. The fourth-order valence-corrected chi connectivity index (χ4v) is 3.51. The normalized spacial score (nSPS) is 11.9. The van der Waals surface area contributed by atoms with Gasteiger partial charge in [-0.25, -0.2) is 0 Å². The van der Waals surface area contributed by atoms with Gasteiger partial charge in [0.05, 0.1) is 29.5 Å². The van der Waals surface area contributed by atoms with E-state index in [1.807, 2.05) is 43.3 Å². The molecule has 160 valence electrons.